The minimum atomic E-state index is -4.59. The summed E-state index contributed by atoms with van der Waals surface area (Å²) in [6.07, 6.45) is -5.82. The van der Waals surface area contributed by atoms with Crippen molar-refractivity contribution in [3.05, 3.63) is 48.6 Å². The predicted octanol–water partition coefficient (Wildman–Crippen LogP) is 8.88. The zero-order chi connectivity index (χ0) is 43.8. The van der Waals surface area contributed by atoms with Gasteiger partial charge in [-0.2, -0.15) is 26.3 Å². The number of esters is 5. The van der Waals surface area contributed by atoms with Crippen molar-refractivity contribution < 1.29 is 82.8 Å². The average molecular weight is 821 g/mol. The molecule has 56 heavy (non-hydrogen) atoms. The fourth-order valence-electron chi connectivity index (χ4n) is 5.84. The standard InChI is InChI=1S/C14H20O2.C9H11F3O4.C8H12F2O2.C7H9F3O2/c1-9(2)13(15)16-14-6-10-3-11(7-14)5-12(4-10)8-14;1-6(2)8(14)16-4-3-15-7(13)5-9(10,11)12;1-6(2)7(11)12-5-4-8(3,9)10;1-4(2)6(11)12-5(3)7(8,9)10/h10-12H,1,3-8H2,2H3;1,3-5H2,2H3;1,4-5H2,2-3H3;5H,1H2,2-3H3. The average Bonchev–Trinajstić information content (AvgIpc) is 3.01. The van der Waals surface area contributed by atoms with Crippen LogP contribution in [0, 0.1) is 17.8 Å². The maximum atomic E-state index is 12.2. The quantitative estimate of drug-likeness (QED) is 0.0584. The Hall–Kier alpha value is -4.25. The lowest BCUT2D eigenvalue weighted by atomic mass is 9.54. The van der Waals surface area contributed by atoms with E-state index in [-0.39, 0.29) is 41.5 Å². The van der Waals surface area contributed by atoms with Crippen LogP contribution in [0.25, 0.3) is 0 Å². The van der Waals surface area contributed by atoms with Gasteiger partial charge in [0.2, 0.25) is 5.92 Å². The molecule has 4 bridgehead atoms. The Bertz CT molecular complexity index is 1390. The van der Waals surface area contributed by atoms with Gasteiger partial charge in [0.1, 0.15) is 25.2 Å². The van der Waals surface area contributed by atoms with Gasteiger partial charge in [-0.25, -0.2) is 28.0 Å². The summed E-state index contributed by atoms with van der Waals surface area (Å²) < 4.78 is 117. The molecule has 4 aliphatic carbocycles. The number of rotatable bonds is 13. The second kappa shape index (κ2) is 22.5. The van der Waals surface area contributed by atoms with Crippen molar-refractivity contribution in [3.63, 3.8) is 0 Å². The van der Waals surface area contributed by atoms with Gasteiger partial charge in [0.15, 0.2) is 6.10 Å². The maximum Gasteiger partial charge on any atom is 0.425 e. The molecule has 0 aromatic carbocycles. The highest BCUT2D eigenvalue weighted by Crippen LogP contribution is 2.57. The first kappa shape index (κ1) is 51.8. The molecular formula is C38H52F8O10. The van der Waals surface area contributed by atoms with Gasteiger partial charge in [0.05, 0.1) is 6.61 Å². The number of halogens is 8. The number of alkyl halides is 8. The molecule has 4 rings (SSSR count). The molecule has 0 spiro atoms. The summed E-state index contributed by atoms with van der Waals surface area (Å²) >= 11 is 0. The van der Waals surface area contributed by atoms with E-state index in [9.17, 15) is 59.1 Å². The molecule has 0 radical (unpaired) electrons. The van der Waals surface area contributed by atoms with Crippen molar-refractivity contribution in [2.45, 2.75) is 123 Å². The molecule has 18 heteroatoms. The molecule has 0 amide bonds. The van der Waals surface area contributed by atoms with E-state index >= 15 is 0 Å². The lowest BCUT2D eigenvalue weighted by molar-refractivity contribution is -0.213. The van der Waals surface area contributed by atoms with Gasteiger partial charge in [-0.1, -0.05) is 26.3 Å². The fourth-order valence-corrected chi connectivity index (χ4v) is 5.84. The lowest BCUT2D eigenvalue weighted by Crippen LogP contribution is -2.52. The zero-order valence-corrected chi connectivity index (χ0v) is 32.5. The van der Waals surface area contributed by atoms with Crippen LogP contribution in [0.3, 0.4) is 0 Å². The Labute approximate surface area is 321 Å². The van der Waals surface area contributed by atoms with Gasteiger partial charge in [0.25, 0.3) is 0 Å². The minimum absolute atomic E-state index is 0.0499. The van der Waals surface area contributed by atoms with E-state index in [0.29, 0.717) is 5.57 Å². The first-order chi connectivity index (χ1) is 25.4. The van der Waals surface area contributed by atoms with Crippen LogP contribution in [0.2, 0.25) is 0 Å². The van der Waals surface area contributed by atoms with Gasteiger partial charge >= 0.3 is 42.2 Å². The normalized spacial score (nSPS) is 21.1. The van der Waals surface area contributed by atoms with Crippen LogP contribution in [0.15, 0.2) is 48.6 Å². The highest BCUT2D eigenvalue weighted by Gasteiger charge is 2.53. The van der Waals surface area contributed by atoms with Gasteiger partial charge in [-0.3, -0.25) is 4.79 Å². The van der Waals surface area contributed by atoms with Crippen LogP contribution in [0.1, 0.15) is 92.9 Å². The predicted molar refractivity (Wildman–Crippen MR) is 187 cm³/mol. The van der Waals surface area contributed by atoms with Crippen LogP contribution in [0.4, 0.5) is 35.1 Å². The van der Waals surface area contributed by atoms with Crippen molar-refractivity contribution in [2.75, 3.05) is 19.8 Å². The topological polar surface area (TPSA) is 132 Å². The van der Waals surface area contributed by atoms with E-state index in [4.69, 9.17) is 4.74 Å². The van der Waals surface area contributed by atoms with Crippen LogP contribution in [-0.2, 0) is 47.7 Å². The third kappa shape index (κ3) is 22.3. The molecule has 0 heterocycles. The van der Waals surface area contributed by atoms with Gasteiger partial charge in [0, 0.05) is 28.7 Å². The Morgan fingerprint density at radius 1 is 0.625 bits per heavy atom. The molecule has 1 unspecified atom stereocenters. The Kier molecular flexibility index (Phi) is 20.8. The molecule has 0 aromatic rings. The summed E-state index contributed by atoms with van der Waals surface area (Å²) in [7, 11) is 0. The molecule has 1 atom stereocenters. The highest BCUT2D eigenvalue weighted by atomic mass is 19.4. The SMILES string of the molecule is C=C(C)C(=O)OC(C)C(F)(F)F.C=C(C)C(=O)OC12CC3CC(CC(C3)C1)C2.C=C(C)C(=O)OCCC(C)(F)F.C=C(C)C(=O)OCCOC(=O)CC(F)(F)F. The number of hydrogen-bond acceptors (Lipinski definition) is 10. The Morgan fingerprint density at radius 3 is 1.34 bits per heavy atom. The first-order valence-electron chi connectivity index (χ1n) is 17.4. The smallest absolute Gasteiger partial charge is 0.425 e. The second-order valence-electron chi connectivity index (χ2n) is 14.3. The molecule has 4 aliphatic rings. The number of hydrogen-bond donors (Lipinski definition) is 0. The molecule has 0 saturated heterocycles. The molecule has 10 nitrogen and oxygen atoms in total. The summed E-state index contributed by atoms with van der Waals surface area (Å²) in [5.41, 5.74) is 0.753. The van der Waals surface area contributed by atoms with Crippen LogP contribution >= 0.6 is 0 Å². The summed E-state index contributed by atoms with van der Waals surface area (Å²) in [5, 5.41) is 0. The van der Waals surface area contributed by atoms with E-state index in [0.717, 1.165) is 50.9 Å². The zero-order valence-electron chi connectivity index (χ0n) is 32.5. The minimum Gasteiger partial charge on any atom is -0.462 e. The van der Waals surface area contributed by atoms with E-state index in [1.165, 1.54) is 40.0 Å². The number of ether oxygens (including phenoxy) is 5. The molecule has 0 aliphatic heterocycles. The summed E-state index contributed by atoms with van der Waals surface area (Å²) in [5.74, 6) is -4.24. The van der Waals surface area contributed by atoms with E-state index in [1.807, 2.05) is 0 Å². The fraction of sp³-hybridized carbons (Fsp3) is 0.658. The summed E-state index contributed by atoms with van der Waals surface area (Å²) in [4.78, 5) is 54.3. The third-order valence-electron chi connectivity index (χ3n) is 8.13. The molecule has 0 N–H and O–H groups in total. The van der Waals surface area contributed by atoms with Crippen molar-refractivity contribution >= 4 is 29.8 Å². The first-order valence-corrected chi connectivity index (χ1v) is 17.4. The van der Waals surface area contributed by atoms with Crippen LogP contribution in [-0.4, -0.2) is 79.6 Å². The van der Waals surface area contributed by atoms with E-state index in [1.54, 1.807) is 6.92 Å². The summed E-state index contributed by atoms with van der Waals surface area (Å²) in [6.45, 7) is 19.9. The van der Waals surface area contributed by atoms with E-state index < -0.39 is 67.7 Å². The van der Waals surface area contributed by atoms with Crippen molar-refractivity contribution in [1.82, 2.24) is 0 Å². The number of carbonyl (C=O) groups excluding carboxylic acids is 5. The third-order valence-corrected chi connectivity index (χ3v) is 8.13. The van der Waals surface area contributed by atoms with Gasteiger partial charge in [-0.15, -0.1) is 0 Å². The molecule has 4 fully saturated rings. The lowest BCUT2D eigenvalue weighted by Gasteiger charge is -2.55. The second-order valence-corrected chi connectivity index (χ2v) is 14.3. The van der Waals surface area contributed by atoms with Crippen molar-refractivity contribution in [2.24, 2.45) is 17.8 Å². The van der Waals surface area contributed by atoms with Crippen molar-refractivity contribution in [1.29, 1.82) is 0 Å². The van der Waals surface area contributed by atoms with Crippen LogP contribution < -0.4 is 0 Å². The van der Waals surface area contributed by atoms with Gasteiger partial charge in [-0.05, 0) is 97.8 Å². The molecule has 320 valence electrons. The maximum absolute atomic E-state index is 12.2. The largest absolute Gasteiger partial charge is 0.462 e. The van der Waals surface area contributed by atoms with Gasteiger partial charge < -0.3 is 23.7 Å². The Morgan fingerprint density at radius 2 is 1.00 bits per heavy atom. The molecule has 4 saturated carbocycles. The monoisotopic (exact) mass is 820 g/mol. The molecular weight excluding hydrogens is 768 g/mol. The van der Waals surface area contributed by atoms with E-state index in [2.05, 4.69) is 45.3 Å². The molecule has 0 aromatic heterocycles. The summed E-state index contributed by atoms with van der Waals surface area (Å²) in [6, 6.07) is 0. The Balaban J connectivity index is 0.000000729. The van der Waals surface area contributed by atoms with Crippen LogP contribution in [0.5, 0.6) is 0 Å². The number of carbonyl (C=O) groups is 5. The van der Waals surface area contributed by atoms with Crippen molar-refractivity contribution in [3.8, 4) is 0 Å². The highest BCUT2D eigenvalue weighted by molar-refractivity contribution is 5.88.